The zero-order valence-corrected chi connectivity index (χ0v) is 19.6. The SMILES string of the molecule is CN1CCN(c2ccc(C(=O)N3C[C@@H](O)[C@H](n4cnc5c(=O)n(C)c(=O)n(C)c54)C3)cc2)CC1. The van der Waals surface area contributed by atoms with E-state index in [2.05, 4.69) is 21.8 Å². The predicted octanol–water partition coefficient (Wildman–Crippen LogP) is -0.756. The number of likely N-dealkylation sites (tertiary alicyclic amines) is 1. The Morgan fingerprint density at radius 3 is 2.32 bits per heavy atom. The number of rotatable bonds is 3. The zero-order valence-electron chi connectivity index (χ0n) is 19.6. The van der Waals surface area contributed by atoms with Crippen molar-refractivity contribution in [3.05, 3.63) is 57.0 Å². The van der Waals surface area contributed by atoms with Crippen molar-refractivity contribution in [2.45, 2.75) is 12.1 Å². The van der Waals surface area contributed by atoms with Crippen molar-refractivity contribution < 1.29 is 9.90 Å². The Balaban J connectivity index is 1.36. The van der Waals surface area contributed by atoms with Gasteiger partial charge in [0.15, 0.2) is 5.52 Å². The molecule has 11 nitrogen and oxygen atoms in total. The zero-order chi connectivity index (χ0) is 24.1. The van der Waals surface area contributed by atoms with Crippen molar-refractivity contribution in [3.8, 4) is 0 Å². The third-order valence-electron chi connectivity index (χ3n) is 7.05. The Kier molecular flexibility index (Phi) is 5.53. The van der Waals surface area contributed by atoms with Gasteiger partial charge in [0.25, 0.3) is 11.5 Å². The van der Waals surface area contributed by atoms with E-state index in [0.29, 0.717) is 11.2 Å². The number of benzene rings is 1. The van der Waals surface area contributed by atoms with Crippen molar-refractivity contribution in [2.75, 3.05) is 51.2 Å². The van der Waals surface area contributed by atoms with Crippen LogP contribution in [0.15, 0.2) is 40.2 Å². The number of carbonyl (C=O) groups excluding carboxylic acids is 1. The van der Waals surface area contributed by atoms with Gasteiger partial charge in [0.1, 0.15) is 5.65 Å². The Labute approximate surface area is 196 Å². The monoisotopic (exact) mass is 467 g/mol. The number of aliphatic hydroxyl groups is 1. The van der Waals surface area contributed by atoms with E-state index in [4.69, 9.17) is 0 Å². The molecule has 0 saturated carbocycles. The maximum atomic E-state index is 13.2. The molecular weight excluding hydrogens is 438 g/mol. The van der Waals surface area contributed by atoms with Crippen LogP contribution in [0.2, 0.25) is 0 Å². The molecule has 2 saturated heterocycles. The summed E-state index contributed by atoms with van der Waals surface area (Å²) in [5.41, 5.74) is 1.18. The van der Waals surface area contributed by atoms with Gasteiger partial charge in [0.2, 0.25) is 0 Å². The smallest absolute Gasteiger partial charge is 0.332 e. The number of aromatic nitrogens is 4. The van der Waals surface area contributed by atoms with Gasteiger partial charge in [-0.2, -0.15) is 0 Å². The van der Waals surface area contributed by atoms with Crippen molar-refractivity contribution in [1.82, 2.24) is 28.5 Å². The minimum atomic E-state index is -0.856. The highest BCUT2D eigenvalue weighted by molar-refractivity contribution is 5.94. The lowest BCUT2D eigenvalue weighted by molar-refractivity contribution is 0.0764. The molecule has 0 unspecified atom stereocenters. The lowest BCUT2D eigenvalue weighted by Crippen LogP contribution is -2.44. The van der Waals surface area contributed by atoms with Gasteiger partial charge in [-0.05, 0) is 31.3 Å². The third kappa shape index (κ3) is 3.61. The highest BCUT2D eigenvalue weighted by Gasteiger charge is 2.37. The average molecular weight is 468 g/mol. The van der Waals surface area contributed by atoms with E-state index in [1.165, 1.54) is 17.9 Å². The van der Waals surface area contributed by atoms with Crippen molar-refractivity contribution in [1.29, 1.82) is 0 Å². The topological polar surface area (TPSA) is 109 Å². The second-order valence-electron chi connectivity index (χ2n) is 9.21. The van der Waals surface area contributed by atoms with E-state index in [1.807, 2.05) is 24.3 Å². The van der Waals surface area contributed by atoms with Gasteiger partial charge in [-0.3, -0.25) is 18.7 Å². The minimum absolute atomic E-state index is 0.154. The fraction of sp³-hybridized carbons (Fsp3) is 0.478. The number of carbonyl (C=O) groups is 1. The molecule has 180 valence electrons. The summed E-state index contributed by atoms with van der Waals surface area (Å²) in [7, 11) is 5.08. The van der Waals surface area contributed by atoms with E-state index in [9.17, 15) is 19.5 Å². The van der Waals surface area contributed by atoms with Gasteiger partial charge in [-0.1, -0.05) is 0 Å². The Hall–Kier alpha value is -3.44. The van der Waals surface area contributed by atoms with Crippen LogP contribution in [0.4, 0.5) is 5.69 Å². The summed E-state index contributed by atoms with van der Waals surface area (Å²) in [6, 6.07) is 7.08. The Morgan fingerprint density at radius 2 is 1.65 bits per heavy atom. The van der Waals surface area contributed by atoms with Gasteiger partial charge in [-0.25, -0.2) is 9.78 Å². The van der Waals surface area contributed by atoms with Gasteiger partial charge in [0, 0.05) is 64.6 Å². The molecule has 0 radical (unpaired) electrons. The number of nitrogens with zero attached hydrogens (tertiary/aromatic N) is 7. The number of anilines is 1. The number of likely N-dealkylation sites (N-methyl/N-ethyl adjacent to an activating group) is 1. The molecular formula is C23H29N7O4. The molecule has 0 bridgehead atoms. The third-order valence-corrected chi connectivity index (χ3v) is 7.05. The van der Waals surface area contributed by atoms with Crippen molar-refractivity contribution in [3.63, 3.8) is 0 Å². The number of fused-ring (bicyclic) bond motifs is 1. The number of β-amino-alcohol motifs (C(OH)–C–C–N with tert-alkyl or cyclic N) is 1. The molecule has 1 N–H and O–H groups in total. The largest absolute Gasteiger partial charge is 0.389 e. The average Bonchev–Trinajstić information content (AvgIpc) is 3.45. The normalized spacial score (nSPS) is 21.5. The number of aliphatic hydroxyl groups excluding tert-OH is 1. The van der Waals surface area contributed by atoms with Crippen LogP contribution in [0, 0.1) is 0 Å². The van der Waals surface area contributed by atoms with Gasteiger partial charge < -0.3 is 24.4 Å². The number of aryl methyl sites for hydroxylation is 1. The number of imidazole rings is 1. The molecule has 34 heavy (non-hydrogen) atoms. The molecule has 2 aliphatic rings. The first-order valence-corrected chi connectivity index (χ1v) is 11.4. The van der Waals surface area contributed by atoms with E-state index in [-0.39, 0.29) is 24.5 Å². The minimum Gasteiger partial charge on any atom is -0.389 e. The highest BCUT2D eigenvalue weighted by Crippen LogP contribution is 2.27. The van der Waals surface area contributed by atoms with Crippen LogP contribution in [0.25, 0.3) is 11.2 Å². The molecule has 3 aromatic rings. The summed E-state index contributed by atoms with van der Waals surface area (Å²) in [6.07, 6.45) is 0.600. The number of piperazine rings is 1. The molecule has 5 rings (SSSR count). The fourth-order valence-electron chi connectivity index (χ4n) is 4.91. The molecule has 0 spiro atoms. The fourth-order valence-corrected chi connectivity index (χ4v) is 4.91. The summed E-state index contributed by atoms with van der Waals surface area (Å²) in [6.45, 7) is 4.32. The van der Waals surface area contributed by atoms with Crippen molar-refractivity contribution in [2.24, 2.45) is 14.1 Å². The molecule has 11 heteroatoms. The van der Waals surface area contributed by atoms with Crippen LogP contribution in [0.5, 0.6) is 0 Å². The van der Waals surface area contributed by atoms with Gasteiger partial charge in [-0.15, -0.1) is 0 Å². The lowest BCUT2D eigenvalue weighted by atomic mass is 10.1. The maximum Gasteiger partial charge on any atom is 0.332 e. The second kappa shape index (κ2) is 8.41. The van der Waals surface area contributed by atoms with E-state index in [0.717, 1.165) is 36.4 Å². The quantitative estimate of drug-likeness (QED) is 0.540. The Bertz CT molecular complexity index is 1350. The van der Waals surface area contributed by atoms with Crippen LogP contribution in [-0.4, -0.2) is 91.9 Å². The van der Waals surface area contributed by atoms with E-state index < -0.39 is 23.4 Å². The summed E-state index contributed by atoms with van der Waals surface area (Å²) in [4.78, 5) is 48.5. The summed E-state index contributed by atoms with van der Waals surface area (Å²) >= 11 is 0. The van der Waals surface area contributed by atoms with Crippen molar-refractivity contribution >= 4 is 22.8 Å². The van der Waals surface area contributed by atoms with Crippen LogP contribution in [-0.2, 0) is 14.1 Å². The summed E-state index contributed by atoms with van der Waals surface area (Å²) < 4.78 is 3.98. The first kappa shape index (κ1) is 22.4. The summed E-state index contributed by atoms with van der Waals surface area (Å²) in [5.74, 6) is -0.166. The molecule has 1 aromatic carbocycles. The van der Waals surface area contributed by atoms with Crippen LogP contribution < -0.4 is 16.1 Å². The summed E-state index contributed by atoms with van der Waals surface area (Å²) in [5, 5.41) is 10.8. The van der Waals surface area contributed by atoms with Crippen LogP contribution >= 0.6 is 0 Å². The number of amides is 1. The highest BCUT2D eigenvalue weighted by atomic mass is 16.3. The first-order valence-electron chi connectivity index (χ1n) is 11.4. The van der Waals surface area contributed by atoms with E-state index in [1.54, 1.807) is 16.5 Å². The van der Waals surface area contributed by atoms with E-state index >= 15 is 0 Å². The molecule has 1 amide bonds. The van der Waals surface area contributed by atoms with Gasteiger partial charge >= 0.3 is 5.69 Å². The van der Waals surface area contributed by atoms with Gasteiger partial charge in [0.05, 0.1) is 18.5 Å². The van der Waals surface area contributed by atoms with Crippen LogP contribution in [0.3, 0.4) is 0 Å². The molecule has 2 aromatic heterocycles. The number of hydrogen-bond acceptors (Lipinski definition) is 7. The molecule has 2 aliphatic heterocycles. The van der Waals surface area contributed by atoms with Crippen LogP contribution in [0.1, 0.15) is 16.4 Å². The second-order valence-corrected chi connectivity index (χ2v) is 9.21. The Morgan fingerprint density at radius 1 is 0.971 bits per heavy atom. The molecule has 2 atom stereocenters. The predicted molar refractivity (Wildman–Crippen MR) is 127 cm³/mol. The maximum absolute atomic E-state index is 13.2. The molecule has 4 heterocycles. The molecule has 0 aliphatic carbocycles. The lowest BCUT2D eigenvalue weighted by Gasteiger charge is -2.34. The first-order chi connectivity index (χ1) is 16.3. The standard InChI is InChI=1S/C23H29N7O4/c1-25-8-10-28(11-9-25)16-6-4-15(5-7-16)21(32)29-12-17(18(31)13-29)30-14-24-19-20(30)26(2)23(34)27(3)22(19)33/h4-7,14,17-18,31H,8-13H2,1-3H3/t17-,18-/m1/s1. The number of hydrogen-bond donors (Lipinski definition) is 1. The molecule has 2 fully saturated rings.